The van der Waals surface area contributed by atoms with Crippen LogP contribution in [0.25, 0.3) is 0 Å². The highest BCUT2D eigenvalue weighted by Gasteiger charge is 2.04. The normalized spacial score (nSPS) is 11.3. The highest BCUT2D eigenvalue weighted by Crippen LogP contribution is 2.11. The van der Waals surface area contributed by atoms with Gasteiger partial charge < -0.3 is 15.4 Å². The molecule has 1 aromatic carbocycles. The Labute approximate surface area is 121 Å². The predicted molar refractivity (Wildman–Crippen MR) is 80.1 cm³/mol. The van der Waals surface area contributed by atoms with Crippen molar-refractivity contribution in [1.82, 2.24) is 4.90 Å². The Morgan fingerprint density at radius 1 is 1.35 bits per heavy atom. The van der Waals surface area contributed by atoms with E-state index in [9.17, 15) is 0 Å². The van der Waals surface area contributed by atoms with Crippen molar-refractivity contribution in [3.8, 4) is 23.7 Å². The molecule has 0 aliphatic heterocycles. The molecule has 0 aromatic heterocycles. The van der Waals surface area contributed by atoms with Crippen LogP contribution in [0.1, 0.15) is 12.5 Å². The van der Waals surface area contributed by atoms with Crippen LogP contribution in [0, 0.1) is 29.1 Å². The number of ether oxygens (including phenoxy) is 1. The third-order valence-electron chi connectivity index (χ3n) is 2.74. The van der Waals surface area contributed by atoms with Crippen LogP contribution in [0.15, 0.2) is 24.3 Å². The lowest BCUT2D eigenvalue weighted by atomic mass is 10.2. The first kappa shape index (κ1) is 16.0. The summed E-state index contributed by atoms with van der Waals surface area (Å²) in [6.45, 7) is 4.43. The molecule has 106 valence electrons. The number of nitrogens with zero attached hydrogens (tertiary/aromatic N) is 2. The van der Waals surface area contributed by atoms with Gasteiger partial charge in [0.05, 0.1) is 18.5 Å². The molecular weight excluding hydrogens is 250 g/mol. The van der Waals surface area contributed by atoms with E-state index in [1.54, 1.807) is 0 Å². The lowest BCUT2D eigenvalue weighted by Gasteiger charge is -2.17. The maximum atomic E-state index is 8.75. The van der Waals surface area contributed by atoms with Crippen LogP contribution in [0.2, 0.25) is 0 Å². The quantitative estimate of drug-likeness (QED) is 0.796. The van der Waals surface area contributed by atoms with Gasteiger partial charge in [-0.3, -0.25) is 0 Å². The first-order chi connectivity index (χ1) is 9.65. The van der Waals surface area contributed by atoms with Crippen LogP contribution in [-0.4, -0.2) is 38.2 Å². The van der Waals surface area contributed by atoms with Crippen molar-refractivity contribution in [2.24, 2.45) is 11.7 Å². The molecule has 0 bridgehead atoms. The summed E-state index contributed by atoms with van der Waals surface area (Å²) >= 11 is 0. The molecule has 1 unspecified atom stereocenters. The molecule has 0 spiro atoms. The summed E-state index contributed by atoms with van der Waals surface area (Å²) in [4.78, 5) is 2.09. The van der Waals surface area contributed by atoms with Gasteiger partial charge in [-0.2, -0.15) is 5.26 Å². The predicted octanol–water partition coefficient (Wildman–Crippen LogP) is 1.47. The summed E-state index contributed by atoms with van der Waals surface area (Å²) in [6.07, 6.45) is 0. The molecule has 0 amide bonds. The molecule has 4 heteroatoms. The molecule has 2 N–H and O–H groups in total. The van der Waals surface area contributed by atoms with Crippen molar-refractivity contribution >= 4 is 0 Å². The van der Waals surface area contributed by atoms with Crippen molar-refractivity contribution in [3.63, 3.8) is 0 Å². The number of benzene rings is 1. The second-order valence-electron chi connectivity index (χ2n) is 4.67. The minimum atomic E-state index is 0.0420. The second kappa shape index (κ2) is 8.98. The molecule has 1 atom stereocenters. The standard InChI is InChI=1S/C16H21N3O/c1-14(12-18)13-19(2)10-11-20-16-7-5-15(6-8-16)4-3-9-17/h5-8,14H,9-11,13,17H2,1-2H3. The van der Waals surface area contributed by atoms with Gasteiger partial charge in [0.2, 0.25) is 0 Å². The number of nitriles is 1. The SMILES string of the molecule is CC(C#N)CN(C)CCOc1ccc(C#CCN)cc1. The van der Waals surface area contributed by atoms with Crippen molar-refractivity contribution in [2.75, 3.05) is 33.3 Å². The minimum Gasteiger partial charge on any atom is -0.492 e. The molecular formula is C16H21N3O. The van der Waals surface area contributed by atoms with E-state index < -0.39 is 0 Å². The molecule has 0 saturated carbocycles. The third-order valence-corrected chi connectivity index (χ3v) is 2.74. The fourth-order valence-corrected chi connectivity index (χ4v) is 1.71. The number of hydrogen-bond acceptors (Lipinski definition) is 4. The molecule has 0 aliphatic carbocycles. The molecule has 0 aliphatic rings. The lowest BCUT2D eigenvalue weighted by molar-refractivity contribution is 0.228. The zero-order valence-corrected chi connectivity index (χ0v) is 12.1. The van der Waals surface area contributed by atoms with Crippen LogP contribution >= 0.6 is 0 Å². The third kappa shape index (κ3) is 6.24. The molecule has 20 heavy (non-hydrogen) atoms. The van der Waals surface area contributed by atoms with Gasteiger partial charge >= 0.3 is 0 Å². The van der Waals surface area contributed by atoms with Crippen LogP contribution in [-0.2, 0) is 0 Å². The largest absolute Gasteiger partial charge is 0.492 e. The van der Waals surface area contributed by atoms with Crippen molar-refractivity contribution in [1.29, 1.82) is 5.26 Å². The number of rotatable bonds is 6. The summed E-state index contributed by atoms with van der Waals surface area (Å²) in [5.41, 5.74) is 6.25. The Hall–Kier alpha value is -2.01. The summed E-state index contributed by atoms with van der Waals surface area (Å²) in [7, 11) is 1.99. The Bertz CT molecular complexity index is 493. The van der Waals surface area contributed by atoms with E-state index >= 15 is 0 Å². The van der Waals surface area contributed by atoms with Crippen LogP contribution in [0.3, 0.4) is 0 Å². The monoisotopic (exact) mass is 271 g/mol. The average Bonchev–Trinajstić information content (AvgIpc) is 2.46. The number of nitrogens with two attached hydrogens (primary N) is 1. The van der Waals surface area contributed by atoms with Crippen LogP contribution < -0.4 is 10.5 Å². The molecule has 4 nitrogen and oxygen atoms in total. The molecule has 1 aromatic rings. The van der Waals surface area contributed by atoms with Gasteiger partial charge in [-0.05, 0) is 38.2 Å². The Morgan fingerprint density at radius 3 is 2.65 bits per heavy atom. The number of likely N-dealkylation sites (N-methyl/N-ethyl adjacent to an activating group) is 1. The van der Waals surface area contributed by atoms with E-state index in [1.165, 1.54) is 0 Å². The van der Waals surface area contributed by atoms with Crippen LogP contribution in [0.5, 0.6) is 5.75 Å². The fraction of sp³-hybridized carbons (Fsp3) is 0.438. The van der Waals surface area contributed by atoms with E-state index in [2.05, 4.69) is 22.8 Å². The van der Waals surface area contributed by atoms with Gasteiger partial charge in [0.15, 0.2) is 0 Å². The zero-order chi connectivity index (χ0) is 14.8. The van der Waals surface area contributed by atoms with Gasteiger partial charge in [0.1, 0.15) is 12.4 Å². The smallest absolute Gasteiger partial charge is 0.119 e. The second-order valence-corrected chi connectivity index (χ2v) is 4.67. The van der Waals surface area contributed by atoms with Crippen molar-refractivity contribution in [3.05, 3.63) is 29.8 Å². The summed E-state index contributed by atoms with van der Waals surface area (Å²) in [6, 6.07) is 9.86. The Balaban J connectivity index is 2.34. The summed E-state index contributed by atoms with van der Waals surface area (Å²) < 4.78 is 5.65. The molecule has 1 rings (SSSR count). The topological polar surface area (TPSA) is 62.3 Å². The highest BCUT2D eigenvalue weighted by atomic mass is 16.5. The number of hydrogen-bond donors (Lipinski definition) is 1. The summed E-state index contributed by atoms with van der Waals surface area (Å²) in [5, 5.41) is 8.75. The van der Waals surface area contributed by atoms with Gasteiger partial charge in [-0.1, -0.05) is 11.8 Å². The Kier molecular flexibility index (Phi) is 7.21. The molecule has 0 saturated heterocycles. The van der Waals surface area contributed by atoms with Crippen molar-refractivity contribution < 1.29 is 4.74 Å². The molecule has 0 radical (unpaired) electrons. The van der Waals surface area contributed by atoms with E-state index in [1.807, 2.05) is 38.2 Å². The Morgan fingerprint density at radius 2 is 2.05 bits per heavy atom. The van der Waals surface area contributed by atoms with E-state index in [-0.39, 0.29) is 5.92 Å². The summed E-state index contributed by atoms with van der Waals surface area (Å²) in [5.74, 6) is 6.64. The zero-order valence-electron chi connectivity index (χ0n) is 12.1. The first-order valence-corrected chi connectivity index (χ1v) is 6.65. The maximum Gasteiger partial charge on any atom is 0.119 e. The minimum absolute atomic E-state index is 0.0420. The molecule has 0 fully saturated rings. The van der Waals surface area contributed by atoms with E-state index in [0.717, 1.165) is 24.4 Å². The van der Waals surface area contributed by atoms with E-state index in [0.29, 0.717) is 13.2 Å². The van der Waals surface area contributed by atoms with Crippen molar-refractivity contribution in [2.45, 2.75) is 6.92 Å². The lowest BCUT2D eigenvalue weighted by Crippen LogP contribution is -2.28. The average molecular weight is 271 g/mol. The van der Waals surface area contributed by atoms with Crippen LogP contribution in [0.4, 0.5) is 0 Å². The van der Waals surface area contributed by atoms with E-state index in [4.69, 9.17) is 15.7 Å². The van der Waals surface area contributed by atoms with Gasteiger partial charge in [0.25, 0.3) is 0 Å². The maximum absolute atomic E-state index is 8.75. The molecule has 0 heterocycles. The first-order valence-electron chi connectivity index (χ1n) is 6.65. The highest BCUT2D eigenvalue weighted by molar-refractivity contribution is 5.38. The van der Waals surface area contributed by atoms with Gasteiger partial charge in [-0.15, -0.1) is 0 Å². The fourth-order valence-electron chi connectivity index (χ4n) is 1.71. The van der Waals surface area contributed by atoms with Gasteiger partial charge in [0, 0.05) is 18.7 Å². The van der Waals surface area contributed by atoms with Gasteiger partial charge in [-0.25, -0.2) is 0 Å².